The minimum Gasteiger partial charge on any atom is -0.472 e. The van der Waals surface area contributed by atoms with Crippen molar-refractivity contribution in [1.29, 1.82) is 0 Å². The first kappa shape index (κ1) is 13.2. The SMILES string of the molecule is CC(Cc1ccoc1)NC(=O)NCc1ccccc1. The molecule has 4 heteroatoms. The molecule has 0 aliphatic rings. The van der Waals surface area contributed by atoms with Crippen molar-refractivity contribution in [3.8, 4) is 0 Å². The van der Waals surface area contributed by atoms with Crippen LogP contribution < -0.4 is 10.6 Å². The van der Waals surface area contributed by atoms with Crippen molar-refractivity contribution in [2.75, 3.05) is 0 Å². The average Bonchev–Trinajstić information content (AvgIpc) is 2.90. The van der Waals surface area contributed by atoms with Crippen molar-refractivity contribution in [3.05, 3.63) is 60.1 Å². The van der Waals surface area contributed by atoms with Gasteiger partial charge in [-0.3, -0.25) is 0 Å². The van der Waals surface area contributed by atoms with Gasteiger partial charge in [0.1, 0.15) is 0 Å². The lowest BCUT2D eigenvalue weighted by Gasteiger charge is -2.13. The summed E-state index contributed by atoms with van der Waals surface area (Å²) in [6.07, 6.45) is 4.09. The Morgan fingerprint density at radius 3 is 2.68 bits per heavy atom. The molecule has 2 rings (SSSR count). The van der Waals surface area contributed by atoms with Gasteiger partial charge in [0.25, 0.3) is 0 Å². The summed E-state index contributed by atoms with van der Waals surface area (Å²) in [4.78, 5) is 11.7. The predicted octanol–water partition coefficient (Wildman–Crippen LogP) is 2.71. The van der Waals surface area contributed by atoms with Gasteiger partial charge < -0.3 is 15.1 Å². The average molecular weight is 258 g/mol. The van der Waals surface area contributed by atoms with Crippen molar-refractivity contribution in [1.82, 2.24) is 10.6 Å². The molecule has 0 saturated heterocycles. The third-order valence-corrected chi connectivity index (χ3v) is 2.80. The molecule has 19 heavy (non-hydrogen) atoms. The number of rotatable bonds is 5. The molecule has 0 saturated carbocycles. The molecule has 1 aromatic carbocycles. The Hall–Kier alpha value is -2.23. The van der Waals surface area contributed by atoms with Crippen LogP contribution in [0.25, 0.3) is 0 Å². The fourth-order valence-corrected chi connectivity index (χ4v) is 1.87. The van der Waals surface area contributed by atoms with E-state index in [1.807, 2.05) is 43.3 Å². The highest BCUT2D eigenvalue weighted by atomic mass is 16.3. The van der Waals surface area contributed by atoms with Crippen LogP contribution in [0.5, 0.6) is 0 Å². The molecule has 0 aliphatic heterocycles. The van der Waals surface area contributed by atoms with E-state index < -0.39 is 0 Å². The number of amides is 2. The highest BCUT2D eigenvalue weighted by molar-refractivity contribution is 5.74. The van der Waals surface area contributed by atoms with Gasteiger partial charge in [0.2, 0.25) is 0 Å². The predicted molar refractivity (Wildman–Crippen MR) is 73.7 cm³/mol. The molecule has 2 N–H and O–H groups in total. The number of carbonyl (C=O) groups excluding carboxylic acids is 1. The van der Waals surface area contributed by atoms with Crippen molar-refractivity contribution >= 4 is 6.03 Å². The zero-order chi connectivity index (χ0) is 13.5. The summed E-state index contributed by atoms with van der Waals surface area (Å²) < 4.78 is 5.00. The van der Waals surface area contributed by atoms with Crippen LogP contribution in [0, 0.1) is 0 Å². The fourth-order valence-electron chi connectivity index (χ4n) is 1.87. The Bertz CT molecular complexity index is 494. The molecule has 1 aromatic heterocycles. The second kappa shape index (κ2) is 6.64. The molecule has 0 fully saturated rings. The number of hydrogen-bond donors (Lipinski definition) is 2. The van der Waals surface area contributed by atoms with Crippen LogP contribution in [0.15, 0.2) is 53.3 Å². The van der Waals surface area contributed by atoms with E-state index in [0.29, 0.717) is 6.54 Å². The molecule has 100 valence electrons. The lowest BCUT2D eigenvalue weighted by Crippen LogP contribution is -2.41. The van der Waals surface area contributed by atoms with E-state index in [0.717, 1.165) is 17.5 Å². The maximum Gasteiger partial charge on any atom is 0.315 e. The zero-order valence-electron chi connectivity index (χ0n) is 10.9. The number of benzene rings is 1. The van der Waals surface area contributed by atoms with Crippen molar-refractivity contribution in [2.45, 2.75) is 25.9 Å². The van der Waals surface area contributed by atoms with E-state index in [4.69, 9.17) is 4.42 Å². The van der Waals surface area contributed by atoms with Gasteiger partial charge in [0.05, 0.1) is 12.5 Å². The molecule has 0 radical (unpaired) electrons. The molecule has 0 spiro atoms. The smallest absolute Gasteiger partial charge is 0.315 e. The fraction of sp³-hybridized carbons (Fsp3) is 0.267. The van der Waals surface area contributed by atoms with Gasteiger partial charge in [-0.2, -0.15) is 0 Å². The van der Waals surface area contributed by atoms with Gasteiger partial charge in [-0.15, -0.1) is 0 Å². The number of furan rings is 1. The highest BCUT2D eigenvalue weighted by Crippen LogP contribution is 2.03. The van der Waals surface area contributed by atoms with Crippen LogP contribution in [0.1, 0.15) is 18.1 Å². The van der Waals surface area contributed by atoms with E-state index in [1.165, 1.54) is 0 Å². The summed E-state index contributed by atoms with van der Waals surface area (Å²) in [5.74, 6) is 0. The van der Waals surface area contributed by atoms with Crippen molar-refractivity contribution < 1.29 is 9.21 Å². The van der Waals surface area contributed by atoms with Crippen molar-refractivity contribution in [2.24, 2.45) is 0 Å². The maximum absolute atomic E-state index is 11.7. The summed E-state index contributed by atoms with van der Waals surface area (Å²) in [5, 5.41) is 5.73. The van der Waals surface area contributed by atoms with Crippen LogP contribution in [0.2, 0.25) is 0 Å². The largest absolute Gasteiger partial charge is 0.472 e. The Morgan fingerprint density at radius 2 is 2.00 bits per heavy atom. The standard InChI is InChI=1S/C15H18N2O2/c1-12(9-14-7-8-19-11-14)17-15(18)16-10-13-5-3-2-4-6-13/h2-8,11-12H,9-10H2,1H3,(H2,16,17,18). The Balaban J connectivity index is 1.72. The summed E-state index contributed by atoms with van der Waals surface area (Å²) in [5.41, 5.74) is 2.16. The summed E-state index contributed by atoms with van der Waals surface area (Å²) in [6.45, 7) is 2.50. The first-order valence-corrected chi connectivity index (χ1v) is 6.33. The first-order valence-electron chi connectivity index (χ1n) is 6.33. The third kappa shape index (κ3) is 4.50. The second-order valence-electron chi connectivity index (χ2n) is 4.55. The molecule has 1 atom stereocenters. The number of hydrogen-bond acceptors (Lipinski definition) is 2. The van der Waals surface area contributed by atoms with Gasteiger partial charge in [-0.25, -0.2) is 4.79 Å². The van der Waals surface area contributed by atoms with Gasteiger partial charge in [0, 0.05) is 12.6 Å². The van der Waals surface area contributed by atoms with Crippen LogP contribution in [0.4, 0.5) is 4.79 Å². The minimum atomic E-state index is -0.153. The minimum absolute atomic E-state index is 0.0633. The van der Waals surface area contributed by atoms with E-state index in [2.05, 4.69) is 10.6 Å². The number of carbonyl (C=O) groups is 1. The summed E-state index contributed by atoms with van der Waals surface area (Å²) in [7, 11) is 0. The van der Waals surface area contributed by atoms with Crippen LogP contribution in [0.3, 0.4) is 0 Å². The molecule has 0 aliphatic carbocycles. The zero-order valence-corrected chi connectivity index (χ0v) is 10.9. The molecule has 2 amide bonds. The monoisotopic (exact) mass is 258 g/mol. The maximum atomic E-state index is 11.7. The summed E-state index contributed by atoms with van der Waals surface area (Å²) in [6, 6.07) is 11.6. The second-order valence-corrected chi connectivity index (χ2v) is 4.55. The van der Waals surface area contributed by atoms with Crippen LogP contribution in [-0.2, 0) is 13.0 Å². The molecular weight excluding hydrogens is 240 g/mol. The normalized spacial score (nSPS) is 11.8. The Morgan fingerprint density at radius 1 is 1.21 bits per heavy atom. The van der Waals surface area contributed by atoms with Crippen LogP contribution in [-0.4, -0.2) is 12.1 Å². The van der Waals surface area contributed by atoms with E-state index in [-0.39, 0.29) is 12.1 Å². The molecule has 1 unspecified atom stereocenters. The van der Waals surface area contributed by atoms with E-state index in [9.17, 15) is 4.79 Å². The van der Waals surface area contributed by atoms with Gasteiger partial charge in [0.15, 0.2) is 0 Å². The molecule has 0 bridgehead atoms. The molecular formula is C15H18N2O2. The molecule has 4 nitrogen and oxygen atoms in total. The molecule has 1 heterocycles. The Labute approximate surface area is 112 Å². The lowest BCUT2D eigenvalue weighted by molar-refractivity contribution is 0.237. The lowest BCUT2D eigenvalue weighted by atomic mass is 10.1. The number of nitrogens with one attached hydrogen (secondary N) is 2. The molecule has 2 aromatic rings. The van der Waals surface area contributed by atoms with E-state index in [1.54, 1.807) is 12.5 Å². The topological polar surface area (TPSA) is 54.3 Å². The van der Waals surface area contributed by atoms with Gasteiger partial charge >= 0.3 is 6.03 Å². The third-order valence-electron chi connectivity index (χ3n) is 2.80. The number of urea groups is 1. The highest BCUT2D eigenvalue weighted by Gasteiger charge is 2.08. The van der Waals surface area contributed by atoms with Crippen LogP contribution >= 0.6 is 0 Å². The van der Waals surface area contributed by atoms with Gasteiger partial charge in [-0.1, -0.05) is 30.3 Å². The Kier molecular flexibility index (Phi) is 4.61. The first-order chi connectivity index (χ1) is 9.24. The quantitative estimate of drug-likeness (QED) is 0.866. The van der Waals surface area contributed by atoms with E-state index >= 15 is 0 Å². The van der Waals surface area contributed by atoms with Crippen molar-refractivity contribution in [3.63, 3.8) is 0 Å². The van der Waals surface area contributed by atoms with Gasteiger partial charge in [-0.05, 0) is 30.5 Å². The summed E-state index contributed by atoms with van der Waals surface area (Å²) >= 11 is 0.